The minimum Gasteiger partial charge on any atom is -0.489 e. The van der Waals surface area contributed by atoms with Crippen molar-refractivity contribution in [2.24, 2.45) is 0 Å². The van der Waals surface area contributed by atoms with Crippen LogP contribution >= 0.6 is 0 Å². The molecule has 0 amide bonds. The average Bonchev–Trinajstić information content (AvgIpc) is 3.95. The van der Waals surface area contributed by atoms with Gasteiger partial charge in [-0.25, -0.2) is 9.59 Å². The summed E-state index contributed by atoms with van der Waals surface area (Å²) in [7, 11) is 5.36. The summed E-state index contributed by atoms with van der Waals surface area (Å²) in [4.78, 5) is 48.2. The lowest BCUT2D eigenvalue weighted by atomic mass is 9.90. The number of hydrogen-bond donors (Lipinski definition) is 0. The quantitative estimate of drug-likeness (QED) is 0.0584. The third-order valence-electron chi connectivity index (χ3n) is 10.9. The number of carbonyl (C=O) groups is 4. The molecular formula is C54H48O12. The first-order valence-corrected chi connectivity index (χ1v) is 21.0. The molecule has 2 heterocycles. The van der Waals surface area contributed by atoms with Crippen molar-refractivity contribution in [3.8, 4) is 23.0 Å². The topological polar surface area (TPSA) is 142 Å². The van der Waals surface area contributed by atoms with Gasteiger partial charge in [-0.1, -0.05) is 97.1 Å². The molecule has 8 rings (SSSR count). The minimum absolute atomic E-state index is 0.391. The first-order valence-electron chi connectivity index (χ1n) is 21.0. The number of esters is 4. The Kier molecular flexibility index (Phi) is 15.3. The molecule has 336 valence electrons. The van der Waals surface area contributed by atoms with E-state index in [4.69, 9.17) is 28.4 Å². The van der Waals surface area contributed by atoms with Gasteiger partial charge in [0.15, 0.2) is 0 Å². The van der Waals surface area contributed by atoms with E-state index in [2.05, 4.69) is 9.47 Å². The molecule has 2 aliphatic heterocycles. The number of methoxy groups -OCH3 is 4. The minimum atomic E-state index is -0.632. The first kappa shape index (κ1) is 45.9. The third kappa shape index (κ3) is 11.3. The summed E-state index contributed by atoms with van der Waals surface area (Å²) < 4.78 is 43.4. The zero-order valence-electron chi connectivity index (χ0n) is 36.8. The Morgan fingerprint density at radius 1 is 0.470 bits per heavy atom. The maximum atomic E-state index is 12.7. The van der Waals surface area contributed by atoms with Crippen LogP contribution in [0.2, 0.25) is 0 Å². The van der Waals surface area contributed by atoms with E-state index in [-0.39, 0.29) is 0 Å². The van der Waals surface area contributed by atoms with E-state index in [0.717, 1.165) is 44.9 Å². The van der Waals surface area contributed by atoms with E-state index in [1.807, 2.05) is 133 Å². The molecule has 6 aromatic rings. The normalized spacial score (nSPS) is 16.7. The van der Waals surface area contributed by atoms with E-state index < -0.39 is 47.9 Å². The third-order valence-corrected chi connectivity index (χ3v) is 10.9. The molecule has 4 atom stereocenters. The molecule has 0 aliphatic carbocycles. The fourth-order valence-corrected chi connectivity index (χ4v) is 7.51. The predicted molar refractivity (Wildman–Crippen MR) is 246 cm³/mol. The molecule has 0 N–H and O–H groups in total. The van der Waals surface area contributed by atoms with E-state index in [1.165, 1.54) is 40.6 Å². The fourth-order valence-electron chi connectivity index (χ4n) is 7.51. The van der Waals surface area contributed by atoms with E-state index in [9.17, 15) is 19.2 Å². The SMILES string of the molecule is COC(=O)/C=C/c1ccc2c(c1)[C@@H](C(=O)OC)[C@@H](c1ccc(OCc3ccccc3)cc1)O2.COC(=O)/C=C/c1ccc2c(c1)[C@H](C(=O)OC)[C@H](c1ccc(OCc3ccccc3)cc1)O2. The Bertz CT molecular complexity index is 2490. The second kappa shape index (κ2) is 22.0. The predicted octanol–water partition coefficient (Wildman–Crippen LogP) is 9.68. The van der Waals surface area contributed by atoms with Gasteiger partial charge >= 0.3 is 23.9 Å². The van der Waals surface area contributed by atoms with Gasteiger partial charge in [-0.05, 0) is 94.1 Å². The second-order valence-electron chi connectivity index (χ2n) is 15.1. The van der Waals surface area contributed by atoms with Crippen molar-refractivity contribution in [1.29, 1.82) is 0 Å². The van der Waals surface area contributed by atoms with Gasteiger partial charge in [0.25, 0.3) is 0 Å². The first-order chi connectivity index (χ1) is 32.2. The Labute approximate surface area is 382 Å². The van der Waals surface area contributed by atoms with Crippen LogP contribution in [0.3, 0.4) is 0 Å². The summed E-state index contributed by atoms with van der Waals surface area (Å²) >= 11 is 0. The van der Waals surface area contributed by atoms with Crippen LogP contribution in [0.4, 0.5) is 0 Å². The standard InChI is InChI=1S/2C27H24O6/c2*1-30-24(28)15-9-18-8-14-23-22(16-18)25(27(29)31-2)26(33-23)20-10-12-21(13-11-20)32-17-19-6-4-3-5-7-19/h2*3-16,25-26H,17H2,1-2H3/b2*15-9+/t2*25-,26-/m10/s1. The van der Waals surface area contributed by atoms with Crippen LogP contribution in [0.15, 0.2) is 158 Å². The van der Waals surface area contributed by atoms with Crippen LogP contribution in [-0.4, -0.2) is 52.3 Å². The van der Waals surface area contributed by atoms with Crippen molar-refractivity contribution in [3.05, 3.63) is 202 Å². The van der Waals surface area contributed by atoms with Gasteiger partial charge in [-0.15, -0.1) is 0 Å². The highest BCUT2D eigenvalue weighted by molar-refractivity contribution is 5.88. The molecule has 0 saturated heterocycles. The molecular weight excluding hydrogens is 841 g/mol. The molecule has 0 aromatic heterocycles. The van der Waals surface area contributed by atoms with Crippen LogP contribution in [0.5, 0.6) is 23.0 Å². The highest BCUT2D eigenvalue weighted by Gasteiger charge is 2.42. The van der Waals surface area contributed by atoms with Crippen molar-refractivity contribution >= 4 is 36.0 Å². The molecule has 66 heavy (non-hydrogen) atoms. The molecule has 0 fully saturated rings. The van der Waals surface area contributed by atoms with Crippen molar-refractivity contribution < 1.29 is 57.1 Å². The van der Waals surface area contributed by atoms with Crippen molar-refractivity contribution in [1.82, 2.24) is 0 Å². The number of ether oxygens (including phenoxy) is 8. The summed E-state index contributed by atoms with van der Waals surface area (Å²) in [5.41, 5.74) is 6.76. The van der Waals surface area contributed by atoms with Crippen molar-refractivity contribution in [2.75, 3.05) is 28.4 Å². The Morgan fingerprint density at radius 3 is 1.20 bits per heavy atom. The molecule has 12 nitrogen and oxygen atoms in total. The summed E-state index contributed by atoms with van der Waals surface area (Å²) in [5, 5.41) is 0. The van der Waals surface area contributed by atoms with Crippen LogP contribution in [0, 0.1) is 0 Å². The van der Waals surface area contributed by atoms with Gasteiger partial charge < -0.3 is 37.9 Å². The lowest BCUT2D eigenvalue weighted by Crippen LogP contribution is -2.20. The van der Waals surface area contributed by atoms with Gasteiger partial charge in [0.05, 0.1) is 28.4 Å². The van der Waals surface area contributed by atoms with Crippen LogP contribution in [-0.2, 0) is 51.3 Å². The van der Waals surface area contributed by atoms with Gasteiger partial charge in [0, 0.05) is 23.3 Å². The van der Waals surface area contributed by atoms with Crippen molar-refractivity contribution in [2.45, 2.75) is 37.3 Å². The number of rotatable bonds is 14. The average molecular weight is 889 g/mol. The van der Waals surface area contributed by atoms with E-state index >= 15 is 0 Å². The van der Waals surface area contributed by atoms with Crippen LogP contribution < -0.4 is 18.9 Å². The maximum Gasteiger partial charge on any atom is 0.330 e. The maximum absolute atomic E-state index is 12.7. The summed E-state index contributed by atoms with van der Waals surface area (Å²) in [5.74, 6) is -0.293. The van der Waals surface area contributed by atoms with E-state index in [1.54, 1.807) is 24.3 Å². The molecule has 0 unspecified atom stereocenters. The van der Waals surface area contributed by atoms with Gasteiger partial charge in [0.2, 0.25) is 0 Å². The fraction of sp³-hybridized carbons (Fsp3) is 0.185. The Morgan fingerprint density at radius 2 is 0.848 bits per heavy atom. The zero-order valence-corrected chi connectivity index (χ0v) is 36.8. The number of carbonyl (C=O) groups excluding carboxylic acids is 4. The van der Waals surface area contributed by atoms with Crippen LogP contribution in [0.1, 0.15) is 68.6 Å². The van der Waals surface area contributed by atoms with Gasteiger partial charge in [-0.3, -0.25) is 9.59 Å². The van der Waals surface area contributed by atoms with Gasteiger partial charge in [-0.2, -0.15) is 0 Å². The second-order valence-corrected chi connectivity index (χ2v) is 15.1. The summed E-state index contributed by atoms with van der Waals surface area (Å²) in [6.07, 6.45) is 4.86. The van der Waals surface area contributed by atoms with Crippen LogP contribution in [0.25, 0.3) is 12.2 Å². The molecule has 12 heteroatoms. The summed E-state index contributed by atoms with van der Waals surface area (Å²) in [6, 6.07) is 45.8. The number of hydrogen-bond acceptors (Lipinski definition) is 12. The molecule has 0 spiro atoms. The van der Waals surface area contributed by atoms with E-state index in [0.29, 0.717) is 35.8 Å². The zero-order chi connectivity index (χ0) is 46.4. The molecule has 6 aromatic carbocycles. The Balaban J connectivity index is 0.000000196. The number of fused-ring (bicyclic) bond motifs is 2. The molecule has 2 aliphatic rings. The summed E-state index contributed by atoms with van der Waals surface area (Å²) in [6.45, 7) is 0.941. The smallest absolute Gasteiger partial charge is 0.330 e. The number of benzene rings is 6. The monoisotopic (exact) mass is 888 g/mol. The highest BCUT2D eigenvalue weighted by atomic mass is 16.5. The lowest BCUT2D eigenvalue weighted by molar-refractivity contribution is -0.145. The molecule has 0 radical (unpaired) electrons. The van der Waals surface area contributed by atoms with Gasteiger partial charge in [0.1, 0.15) is 60.3 Å². The van der Waals surface area contributed by atoms with Crippen molar-refractivity contribution in [3.63, 3.8) is 0 Å². The molecule has 0 saturated carbocycles. The largest absolute Gasteiger partial charge is 0.489 e. The highest BCUT2D eigenvalue weighted by Crippen LogP contribution is 2.48. The molecule has 0 bridgehead atoms. The lowest BCUT2D eigenvalue weighted by Gasteiger charge is -2.18. The Hall–Kier alpha value is -8.12.